The Morgan fingerprint density at radius 2 is 1.92 bits per heavy atom. The van der Waals surface area contributed by atoms with Crippen LogP contribution < -0.4 is 10.1 Å². The number of rotatable bonds is 6. The normalized spacial score (nSPS) is 10.6. The summed E-state index contributed by atoms with van der Waals surface area (Å²) in [6.45, 7) is 2.45. The minimum Gasteiger partial charge on any atom is -0.494 e. The van der Waals surface area contributed by atoms with Crippen LogP contribution >= 0.6 is 0 Å². The second-order valence-electron chi connectivity index (χ2n) is 5.34. The number of carbonyl (C=O) groups is 1. The number of aromatic nitrogens is 2. The summed E-state index contributed by atoms with van der Waals surface area (Å²) < 4.78 is 37.2. The van der Waals surface area contributed by atoms with Crippen molar-refractivity contribution in [2.24, 2.45) is 0 Å². The zero-order valence-electron chi connectivity index (χ0n) is 13.8. The van der Waals surface area contributed by atoms with Crippen molar-refractivity contribution in [1.29, 1.82) is 0 Å². The number of nitrogens with zero attached hydrogens (tertiary/aromatic N) is 2. The molecule has 3 aromatic rings. The van der Waals surface area contributed by atoms with Crippen molar-refractivity contribution in [3.05, 3.63) is 59.7 Å². The van der Waals surface area contributed by atoms with Crippen LogP contribution in [0, 0.1) is 11.6 Å². The summed E-state index contributed by atoms with van der Waals surface area (Å²) in [5, 5.41) is 9.75. The Hall–Kier alpha value is -3.29. The van der Waals surface area contributed by atoms with Gasteiger partial charge in [0.2, 0.25) is 5.91 Å². The van der Waals surface area contributed by atoms with Crippen LogP contribution in [0.3, 0.4) is 0 Å². The molecule has 0 atom stereocenters. The summed E-state index contributed by atoms with van der Waals surface area (Å²) in [5.41, 5.74) is 0.723. The largest absolute Gasteiger partial charge is 0.494 e. The van der Waals surface area contributed by atoms with E-state index >= 15 is 0 Å². The molecule has 8 heteroatoms. The van der Waals surface area contributed by atoms with Crippen LogP contribution in [0.15, 0.2) is 46.9 Å². The summed E-state index contributed by atoms with van der Waals surface area (Å²) in [7, 11) is 0. The van der Waals surface area contributed by atoms with E-state index in [0.717, 1.165) is 17.4 Å². The Balaban J connectivity index is 1.64. The predicted octanol–water partition coefficient (Wildman–Crippen LogP) is 3.59. The molecule has 0 fully saturated rings. The molecule has 1 heterocycles. The van der Waals surface area contributed by atoms with Gasteiger partial charge in [-0.25, -0.2) is 8.78 Å². The van der Waals surface area contributed by atoms with Crippen LogP contribution in [-0.2, 0) is 11.2 Å². The maximum absolute atomic E-state index is 13.7. The van der Waals surface area contributed by atoms with Gasteiger partial charge in [0.05, 0.1) is 18.6 Å². The highest BCUT2D eigenvalue weighted by Crippen LogP contribution is 2.23. The highest BCUT2D eigenvalue weighted by Gasteiger charge is 2.15. The topological polar surface area (TPSA) is 77.2 Å². The van der Waals surface area contributed by atoms with Crippen LogP contribution in [0.5, 0.6) is 5.75 Å². The lowest BCUT2D eigenvalue weighted by atomic mass is 10.1. The maximum atomic E-state index is 13.7. The van der Waals surface area contributed by atoms with E-state index in [-0.39, 0.29) is 29.8 Å². The maximum Gasteiger partial charge on any atom is 0.322 e. The zero-order valence-corrected chi connectivity index (χ0v) is 13.8. The van der Waals surface area contributed by atoms with E-state index in [2.05, 4.69) is 15.5 Å². The summed E-state index contributed by atoms with van der Waals surface area (Å²) in [4.78, 5) is 12.1. The van der Waals surface area contributed by atoms with Crippen LogP contribution in [0.1, 0.15) is 12.5 Å². The highest BCUT2D eigenvalue weighted by molar-refractivity contribution is 5.90. The van der Waals surface area contributed by atoms with Gasteiger partial charge in [-0.05, 0) is 36.8 Å². The average molecular weight is 359 g/mol. The number of hydrogen-bond acceptors (Lipinski definition) is 5. The molecule has 0 aliphatic carbocycles. The van der Waals surface area contributed by atoms with Gasteiger partial charge in [0.1, 0.15) is 17.4 Å². The molecular weight excluding hydrogens is 344 g/mol. The number of benzene rings is 2. The third kappa shape index (κ3) is 4.21. The third-order valence-corrected chi connectivity index (χ3v) is 3.43. The first kappa shape index (κ1) is 17.5. The van der Waals surface area contributed by atoms with Gasteiger partial charge in [-0.3, -0.25) is 10.1 Å². The zero-order chi connectivity index (χ0) is 18.5. The first-order chi connectivity index (χ1) is 12.5. The summed E-state index contributed by atoms with van der Waals surface area (Å²) >= 11 is 0. The van der Waals surface area contributed by atoms with E-state index in [1.54, 1.807) is 24.3 Å². The second-order valence-corrected chi connectivity index (χ2v) is 5.34. The summed E-state index contributed by atoms with van der Waals surface area (Å²) in [6.07, 6.45) is 0.0923. The molecular formula is C18H15F2N3O3. The lowest BCUT2D eigenvalue weighted by Crippen LogP contribution is -2.14. The fourth-order valence-corrected chi connectivity index (χ4v) is 2.26. The Morgan fingerprint density at radius 1 is 1.15 bits per heavy atom. The van der Waals surface area contributed by atoms with E-state index in [0.29, 0.717) is 12.7 Å². The Kier molecular flexibility index (Phi) is 5.21. The SMILES string of the molecule is CCOc1ccc(CC(=O)Nc2nnc(-c3ccc(F)cc3F)o2)cc1. The molecule has 6 nitrogen and oxygen atoms in total. The number of ether oxygens (including phenoxy) is 1. The van der Waals surface area contributed by atoms with E-state index in [4.69, 9.17) is 9.15 Å². The number of carbonyl (C=O) groups excluding carboxylic acids is 1. The van der Waals surface area contributed by atoms with Gasteiger partial charge in [-0.2, -0.15) is 0 Å². The highest BCUT2D eigenvalue weighted by atomic mass is 19.1. The van der Waals surface area contributed by atoms with Gasteiger partial charge >= 0.3 is 6.01 Å². The first-order valence-electron chi connectivity index (χ1n) is 7.85. The predicted molar refractivity (Wildman–Crippen MR) is 89.6 cm³/mol. The molecule has 0 spiro atoms. The molecule has 3 rings (SSSR count). The number of halogens is 2. The molecule has 0 saturated heterocycles. The third-order valence-electron chi connectivity index (χ3n) is 3.43. The quantitative estimate of drug-likeness (QED) is 0.728. The minimum atomic E-state index is -0.832. The monoisotopic (exact) mass is 359 g/mol. The molecule has 0 bridgehead atoms. The minimum absolute atomic E-state index is 0.0501. The molecule has 0 aliphatic rings. The summed E-state index contributed by atoms with van der Waals surface area (Å²) in [5.74, 6) is -1.35. The van der Waals surface area contributed by atoms with Gasteiger partial charge < -0.3 is 9.15 Å². The molecule has 2 aromatic carbocycles. The molecule has 26 heavy (non-hydrogen) atoms. The number of anilines is 1. The van der Waals surface area contributed by atoms with Crippen LogP contribution in [0.25, 0.3) is 11.5 Å². The molecule has 1 N–H and O–H groups in total. The molecule has 1 aromatic heterocycles. The van der Waals surface area contributed by atoms with Gasteiger partial charge in [-0.15, -0.1) is 5.10 Å². The van der Waals surface area contributed by atoms with Gasteiger partial charge in [-0.1, -0.05) is 17.2 Å². The number of amides is 1. The van der Waals surface area contributed by atoms with Crippen molar-refractivity contribution in [1.82, 2.24) is 10.2 Å². The van der Waals surface area contributed by atoms with E-state index in [1.165, 1.54) is 6.07 Å². The Labute approximate surface area is 147 Å². The van der Waals surface area contributed by atoms with E-state index < -0.39 is 11.6 Å². The lowest BCUT2D eigenvalue weighted by Gasteiger charge is -2.04. The van der Waals surface area contributed by atoms with E-state index in [9.17, 15) is 13.6 Å². The number of nitrogens with one attached hydrogen (secondary N) is 1. The first-order valence-corrected chi connectivity index (χ1v) is 7.85. The Bertz CT molecular complexity index is 910. The molecule has 0 unspecified atom stereocenters. The summed E-state index contributed by atoms with van der Waals surface area (Å²) in [6, 6.07) is 9.90. The molecule has 0 aliphatic heterocycles. The molecule has 0 saturated carbocycles. The van der Waals surface area contributed by atoms with Crippen LogP contribution in [0.4, 0.5) is 14.8 Å². The Morgan fingerprint density at radius 3 is 2.62 bits per heavy atom. The van der Waals surface area contributed by atoms with Crippen LogP contribution in [0.2, 0.25) is 0 Å². The van der Waals surface area contributed by atoms with Crippen molar-refractivity contribution in [2.45, 2.75) is 13.3 Å². The smallest absolute Gasteiger partial charge is 0.322 e. The fourth-order valence-electron chi connectivity index (χ4n) is 2.26. The lowest BCUT2D eigenvalue weighted by molar-refractivity contribution is -0.115. The van der Waals surface area contributed by atoms with Crippen LogP contribution in [-0.4, -0.2) is 22.7 Å². The van der Waals surface area contributed by atoms with E-state index in [1.807, 2.05) is 6.92 Å². The van der Waals surface area contributed by atoms with Crippen molar-refractivity contribution in [3.63, 3.8) is 0 Å². The van der Waals surface area contributed by atoms with Gasteiger partial charge in [0, 0.05) is 6.07 Å². The molecule has 134 valence electrons. The molecule has 0 radical (unpaired) electrons. The van der Waals surface area contributed by atoms with Crippen molar-refractivity contribution in [3.8, 4) is 17.2 Å². The second kappa shape index (κ2) is 7.73. The van der Waals surface area contributed by atoms with Crippen molar-refractivity contribution >= 4 is 11.9 Å². The van der Waals surface area contributed by atoms with Crippen molar-refractivity contribution in [2.75, 3.05) is 11.9 Å². The van der Waals surface area contributed by atoms with Crippen molar-refractivity contribution < 1.29 is 22.7 Å². The fraction of sp³-hybridized carbons (Fsp3) is 0.167. The standard InChI is InChI=1S/C18H15F2N3O3/c1-2-25-13-6-3-11(4-7-13)9-16(24)21-18-23-22-17(26-18)14-8-5-12(19)10-15(14)20/h3-8,10H,2,9H2,1H3,(H,21,23,24). The van der Waals surface area contributed by atoms with Gasteiger partial charge in [0.25, 0.3) is 5.89 Å². The van der Waals surface area contributed by atoms with Gasteiger partial charge in [0.15, 0.2) is 0 Å². The number of hydrogen-bond donors (Lipinski definition) is 1. The molecule has 1 amide bonds. The average Bonchev–Trinajstić information content (AvgIpc) is 3.05.